The molecule has 35 heavy (non-hydrogen) atoms. The molecule has 0 aliphatic rings. The monoisotopic (exact) mass is 490 g/mol. The third-order valence-electron chi connectivity index (χ3n) is 5.26. The second kappa shape index (κ2) is 10.8. The number of benzene rings is 1. The summed E-state index contributed by atoms with van der Waals surface area (Å²) in [6.07, 6.45) is 4.19. The zero-order valence-electron chi connectivity index (χ0n) is 20.4. The van der Waals surface area contributed by atoms with Gasteiger partial charge in [0.15, 0.2) is 5.13 Å². The molecular weight excluding hydrogens is 460 g/mol. The van der Waals surface area contributed by atoms with Crippen LogP contribution in [-0.2, 0) is 23.2 Å². The summed E-state index contributed by atoms with van der Waals surface area (Å²) < 4.78 is 7.46. The van der Waals surface area contributed by atoms with E-state index in [4.69, 9.17) is 9.84 Å². The van der Waals surface area contributed by atoms with E-state index >= 15 is 0 Å². The Kier molecular flexibility index (Phi) is 7.57. The van der Waals surface area contributed by atoms with Gasteiger partial charge < -0.3 is 4.74 Å². The summed E-state index contributed by atoms with van der Waals surface area (Å²) in [4.78, 5) is 21.4. The second-order valence-electron chi connectivity index (χ2n) is 9.30. The number of amides is 2. The normalized spacial score (nSPS) is 11.4. The highest BCUT2D eigenvalue weighted by Crippen LogP contribution is 2.27. The molecule has 4 aromatic rings. The Morgan fingerprint density at radius 2 is 1.94 bits per heavy atom. The number of anilines is 2. The highest BCUT2D eigenvalue weighted by molar-refractivity contribution is 7.13. The quantitative estimate of drug-likeness (QED) is 0.308. The zero-order chi connectivity index (χ0) is 24.8. The molecule has 9 heteroatoms. The Bertz CT molecular complexity index is 1260. The number of aromatic nitrogens is 4. The first-order chi connectivity index (χ1) is 16.8. The lowest BCUT2D eigenvalue weighted by molar-refractivity contribution is 0.123. The summed E-state index contributed by atoms with van der Waals surface area (Å²) in [5.74, 6) is 0.594. The number of pyridine rings is 1. The molecule has 2 N–H and O–H groups in total. The van der Waals surface area contributed by atoms with E-state index in [0.717, 1.165) is 28.2 Å². The van der Waals surface area contributed by atoms with Crippen LogP contribution in [0.5, 0.6) is 0 Å². The van der Waals surface area contributed by atoms with E-state index < -0.39 is 0 Å². The van der Waals surface area contributed by atoms with Gasteiger partial charge in [-0.3, -0.25) is 15.6 Å². The van der Waals surface area contributed by atoms with Gasteiger partial charge in [0, 0.05) is 35.7 Å². The first kappa shape index (κ1) is 24.6. The van der Waals surface area contributed by atoms with Gasteiger partial charge in [0.05, 0.1) is 30.3 Å². The smallest absolute Gasteiger partial charge is 0.326 e. The van der Waals surface area contributed by atoms with Crippen molar-refractivity contribution in [3.05, 3.63) is 82.8 Å². The lowest BCUT2D eigenvalue weighted by atomic mass is 9.92. The van der Waals surface area contributed by atoms with Crippen molar-refractivity contribution >= 4 is 28.3 Å². The largest absolute Gasteiger partial charge is 0.376 e. The maximum absolute atomic E-state index is 12.8. The van der Waals surface area contributed by atoms with Crippen molar-refractivity contribution in [2.45, 2.75) is 46.1 Å². The van der Waals surface area contributed by atoms with Crippen molar-refractivity contribution in [2.24, 2.45) is 0 Å². The first-order valence-electron chi connectivity index (χ1n) is 11.4. The predicted octanol–water partition coefficient (Wildman–Crippen LogP) is 5.73. The predicted molar refractivity (Wildman–Crippen MR) is 139 cm³/mol. The number of ether oxygens (including phenoxy) is 1. The van der Waals surface area contributed by atoms with Crippen LogP contribution in [-0.4, -0.2) is 32.4 Å². The fourth-order valence-electron chi connectivity index (χ4n) is 3.29. The molecule has 2 amide bonds. The van der Waals surface area contributed by atoms with E-state index in [-0.39, 0.29) is 11.4 Å². The van der Waals surface area contributed by atoms with Crippen LogP contribution in [0.3, 0.4) is 0 Å². The highest BCUT2D eigenvalue weighted by Gasteiger charge is 2.21. The number of nitrogens with zero attached hydrogens (tertiary/aromatic N) is 4. The molecule has 0 aliphatic heterocycles. The molecule has 4 rings (SSSR count). The summed E-state index contributed by atoms with van der Waals surface area (Å²) in [7, 11) is 0. The molecule has 3 aromatic heterocycles. The molecule has 0 unspecified atom stereocenters. The van der Waals surface area contributed by atoms with Gasteiger partial charge in [0.2, 0.25) is 0 Å². The van der Waals surface area contributed by atoms with E-state index in [9.17, 15) is 4.79 Å². The van der Waals surface area contributed by atoms with Crippen molar-refractivity contribution in [2.75, 3.05) is 17.2 Å². The molecule has 1 aromatic carbocycles. The number of nitrogens with one attached hydrogen (secondary N) is 2. The maximum Gasteiger partial charge on any atom is 0.326 e. The molecular formula is C26H30N6O2S. The lowest BCUT2D eigenvalue weighted by Gasteiger charge is -2.14. The van der Waals surface area contributed by atoms with Crippen molar-refractivity contribution in [1.29, 1.82) is 0 Å². The molecule has 3 heterocycles. The molecule has 0 saturated heterocycles. The van der Waals surface area contributed by atoms with E-state index in [1.165, 1.54) is 11.3 Å². The number of rotatable bonds is 8. The van der Waals surface area contributed by atoms with Crippen molar-refractivity contribution < 1.29 is 9.53 Å². The van der Waals surface area contributed by atoms with Crippen molar-refractivity contribution in [1.82, 2.24) is 19.7 Å². The van der Waals surface area contributed by atoms with E-state index in [1.807, 2.05) is 54.8 Å². The van der Waals surface area contributed by atoms with Gasteiger partial charge in [-0.1, -0.05) is 44.5 Å². The Labute approximate surface area is 209 Å². The van der Waals surface area contributed by atoms with Gasteiger partial charge in [-0.05, 0) is 30.7 Å². The average molecular weight is 491 g/mol. The Morgan fingerprint density at radius 1 is 1.14 bits per heavy atom. The molecule has 0 saturated carbocycles. The maximum atomic E-state index is 12.8. The second-order valence-corrected chi connectivity index (χ2v) is 10.2. The van der Waals surface area contributed by atoms with Crippen molar-refractivity contribution in [3.63, 3.8) is 0 Å². The summed E-state index contributed by atoms with van der Waals surface area (Å²) in [5, 5.41) is 13.0. The molecule has 0 radical (unpaired) electrons. The third kappa shape index (κ3) is 6.74. The van der Waals surface area contributed by atoms with Gasteiger partial charge in [0.25, 0.3) is 0 Å². The summed E-state index contributed by atoms with van der Waals surface area (Å²) in [5.41, 5.74) is 4.67. The van der Waals surface area contributed by atoms with Crippen LogP contribution in [0.1, 0.15) is 43.3 Å². The van der Waals surface area contributed by atoms with Crippen LogP contribution < -0.4 is 10.6 Å². The molecule has 0 aliphatic carbocycles. The Morgan fingerprint density at radius 3 is 2.66 bits per heavy atom. The summed E-state index contributed by atoms with van der Waals surface area (Å²) in [6.45, 7) is 9.37. The summed E-state index contributed by atoms with van der Waals surface area (Å²) in [6, 6.07) is 13.4. The molecule has 0 fully saturated rings. The molecule has 8 nitrogen and oxygen atoms in total. The SMILES string of the molecule is Cc1ccc(-n2nc(C(C)(C)C)cc2NC(=O)Nc2nc(CCOCc3cccnc3)cs2)cc1. The average Bonchev–Trinajstić information content (AvgIpc) is 3.45. The fourth-order valence-corrected chi connectivity index (χ4v) is 4.03. The van der Waals surface area contributed by atoms with Crippen molar-refractivity contribution in [3.8, 4) is 5.69 Å². The number of urea groups is 1. The van der Waals surface area contributed by atoms with Crippen LogP contribution in [0.25, 0.3) is 5.69 Å². The minimum absolute atomic E-state index is 0.161. The third-order valence-corrected chi connectivity index (χ3v) is 6.07. The van der Waals surface area contributed by atoms with Crippen LogP contribution in [0.4, 0.5) is 15.7 Å². The minimum Gasteiger partial charge on any atom is -0.376 e. The van der Waals surface area contributed by atoms with Gasteiger partial charge in [-0.15, -0.1) is 11.3 Å². The number of carbonyl (C=O) groups is 1. The number of hydrogen-bond donors (Lipinski definition) is 2. The topological polar surface area (TPSA) is 94.0 Å². The Balaban J connectivity index is 1.36. The van der Waals surface area contributed by atoms with Gasteiger partial charge in [-0.25, -0.2) is 14.5 Å². The van der Waals surface area contributed by atoms with Crippen LogP contribution in [0.15, 0.2) is 60.2 Å². The number of hydrogen-bond acceptors (Lipinski definition) is 6. The van der Waals surface area contributed by atoms with Crippen LogP contribution in [0, 0.1) is 6.92 Å². The molecule has 0 bridgehead atoms. The fraction of sp³-hybridized carbons (Fsp3) is 0.308. The number of thiazole rings is 1. The Hall–Kier alpha value is -3.56. The number of carbonyl (C=O) groups excluding carboxylic acids is 1. The molecule has 182 valence electrons. The standard InChI is InChI=1S/C26H30N6O2S/c1-18-7-9-21(10-8-18)32-23(14-22(31-32)26(2,3)4)29-24(33)30-25-28-20(17-35-25)11-13-34-16-19-6-5-12-27-15-19/h5-10,12,14-15,17H,11,13,16H2,1-4H3,(H2,28,29,30,33). The number of aryl methyl sites for hydroxylation is 1. The first-order valence-corrected chi connectivity index (χ1v) is 12.3. The zero-order valence-corrected chi connectivity index (χ0v) is 21.2. The highest BCUT2D eigenvalue weighted by atomic mass is 32.1. The lowest BCUT2D eigenvalue weighted by Crippen LogP contribution is -2.21. The molecule has 0 atom stereocenters. The van der Waals surface area contributed by atoms with Crippen LogP contribution in [0.2, 0.25) is 0 Å². The summed E-state index contributed by atoms with van der Waals surface area (Å²) >= 11 is 1.38. The van der Waals surface area contributed by atoms with E-state index in [2.05, 4.69) is 41.4 Å². The minimum atomic E-state index is -0.368. The molecule has 0 spiro atoms. The van der Waals surface area contributed by atoms with Crippen LogP contribution >= 0.6 is 11.3 Å². The van der Waals surface area contributed by atoms with Gasteiger partial charge in [-0.2, -0.15) is 5.10 Å². The van der Waals surface area contributed by atoms with Gasteiger partial charge in [0.1, 0.15) is 5.82 Å². The van der Waals surface area contributed by atoms with E-state index in [0.29, 0.717) is 30.6 Å². The van der Waals surface area contributed by atoms with E-state index in [1.54, 1.807) is 17.1 Å². The van der Waals surface area contributed by atoms with Gasteiger partial charge >= 0.3 is 6.03 Å².